The number of aromatic nitrogens is 3. The van der Waals surface area contributed by atoms with Crippen LogP contribution in [0.4, 0.5) is 17.3 Å². The average Bonchev–Trinajstić information content (AvgIpc) is 3.59. The van der Waals surface area contributed by atoms with E-state index in [1.54, 1.807) is 0 Å². The normalized spacial score (nSPS) is 12.4. The van der Waals surface area contributed by atoms with Crippen molar-refractivity contribution in [3.8, 4) is 22.5 Å². The van der Waals surface area contributed by atoms with Gasteiger partial charge in [0.05, 0.1) is 33.4 Å². The van der Waals surface area contributed by atoms with Crippen molar-refractivity contribution in [2.24, 2.45) is 0 Å². The molecule has 0 bridgehead atoms. The lowest BCUT2D eigenvalue weighted by atomic mass is 10.0. The Morgan fingerprint density at radius 1 is 0.400 bits per heavy atom. The Hall–Kier alpha value is -6.13. The van der Waals surface area contributed by atoms with Gasteiger partial charge in [0.2, 0.25) is 5.95 Å². The summed E-state index contributed by atoms with van der Waals surface area (Å²) >= 11 is 0. The molecule has 0 radical (unpaired) electrons. The fourth-order valence-electron chi connectivity index (χ4n) is 7.24. The zero-order chi connectivity index (χ0) is 29.5. The van der Waals surface area contributed by atoms with Crippen molar-refractivity contribution in [3.05, 3.63) is 158 Å². The van der Waals surface area contributed by atoms with Gasteiger partial charge in [0.15, 0.2) is 0 Å². The molecule has 4 heteroatoms. The van der Waals surface area contributed by atoms with Crippen LogP contribution in [0.2, 0.25) is 0 Å². The van der Waals surface area contributed by atoms with Crippen LogP contribution >= 0.6 is 0 Å². The lowest BCUT2D eigenvalue weighted by Crippen LogP contribution is -2.14. The summed E-state index contributed by atoms with van der Waals surface area (Å²) in [6, 6.07) is 56.6. The van der Waals surface area contributed by atoms with E-state index in [4.69, 9.17) is 4.98 Å². The molecular weight excluding hydrogens is 548 g/mol. The highest BCUT2D eigenvalue weighted by atomic mass is 15.3. The second-order valence-corrected chi connectivity index (χ2v) is 11.7. The Morgan fingerprint density at radius 2 is 0.933 bits per heavy atom. The molecule has 9 aromatic rings. The molecule has 4 nitrogen and oxygen atoms in total. The predicted molar refractivity (Wildman–Crippen MR) is 187 cm³/mol. The summed E-state index contributed by atoms with van der Waals surface area (Å²) < 4.78 is 4.69. The molecule has 0 amide bonds. The summed E-state index contributed by atoms with van der Waals surface area (Å²) in [5.74, 6) is 0.877. The van der Waals surface area contributed by atoms with Crippen molar-refractivity contribution in [3.63, 3.8) is 0 Å². The highest BCUT2D eigenvalue weighted by molar-refractivity contribution is 6.09. The van der Waals surface area contributed by atoms with Gasteiger partial charge in [0, 0.05) is 33.3 Å². The van der Waals surface area contributed by atoms with Crippen LogP contribution in [0.3, 0.4) is 0 Å². The van der Waals surface area contributed by atoms with Gasteiger partial charge < -0.3 is 4.57 Å². The van der Waals surface area contributed by atoms with Gasteiger partial charge in [-0.15, -0.1) is 0 Å². The van der Waals surface area contributed by atoms with Gasteiger partial charge in [-0.3, -0.25) is 9.47 Å². The van der Waals surface area contributed by atoms with E-state index in [0.29, 0.717) is 0 Å². The number of nitrogens with zero attached hydrogens (tertiary/aromatic N) is 4. The van der Waals surface area contributed by atoms with Crippen LogP contribution in [0.1, 0.15) is 0 Å². The molecule has 0 unspecified atom stereocenters. The summed E-state index contributed by atoms with van der Waals surface area (Å²) in [4.78, 5) is 7.67. The Bertz CT molecular complexity index is 2550. The molecule has 0 saturated carbocycles. The predicted octanol–water partition coefficient (Wildman–Crippen LogP) is 10.7. The minimum absolute atomic E-state index is 0.877. The quantitative estimate of drug-likeness (QED) is 0.205. The molecule has 1 aliphatic rings. The Kier molecular flexibility index (Phi) is 4.96. The van der Waals surface area contributed by atoms with Crippen LogP contribution in [-0.4, -0.2) is 14.1 Å². The number of fused-ring (bicyclic) bond motifs is 11. The molecule has 0 saturated heterocycles. The van der Waals surface area contributed by atoms with E-state index in [2.05, 4.69) is 172 Å². The van der Waals surface area contributed by atoms with Gasteiger partial charge in [-0.05, 0) is 71.4 Å². The van der Waals surface area contributed by atoms with Gasteiger partial charge in [-0.2, -0.15) is 0 Å². The van der Waals surface area contributed by atoms with Crippen molar-refractivity contribution in [1.29, 1.82) is 0 Å². The lowest BCUT2D eigenvalue weighted by Gasteiger charge is -2.24. The second kappa shape index (κ2) is 9.18. The zero-order valence-corrected chi connectivity index (χ0v) is 24.3. The van der Waals surface area contributed by atoms with Crippen molar-refractivity contribution in [2.75, 3.05) is 4.90 Å². The molecule has 3 heterocycles. The number of para-hydroxylation sites is 4. The van der Waals surface area contributed by atoms with Crippen LogP contribution in [-0.2, 0) is 0 Å². The Labute approximate surface area is 259 Å². The molecule has 10 rings (SSSR count). The molecule has 2 aromatic heterocycles. The standard InChI is InChI=1S/C41H26N4/c1-2-12-28-26-40-35(25-27(28)11-1)42-41-44(38-19-9-5-15-33(38)34-16-6-10-20-39(34)45(40)41)30-23-21-29(22-24-30)43-36-17-7-3-13-31(36)32-14-4-8-18-37(32)43/h1-26H. The molecule has 0 spiro atoms. The zero-order valence-electron chi connectivity index (χ0n) is 24.3. The first kappa shape index (κ1) is 24.3. The molecule has 0 N–H and O–H groups in total. The maximum atomic E-state index is 5.36. The number of anilines is 3. The topological polar surface area (TPSA) is 26.0 Å². The van der Waals surface area contributed by atoms with Crippen molar-refractivity contribution >= 4 is 60.9 Å². The van der Waals surface area contributed by atoms with Gasteiger partial charge in [-0.25, -0.2) is 4.98 Å². The van der Waals surface area contributed by atoms with Crippen LogP contribution in [0.25, 0.3) is 66.1 Å². The van der Waals surface area contributed by atoms with E-state index in [-0.39, 0.29) is 0 Å². The van der Waals surface area contributed by atoms with Gasteiger partial charge in [0.25, 0.3) is 0 Å². The van der Waals surface area contributed by atoms with E-state index in [0.717, 1.165) is 39.7 Å². The van der Waals surface area contributed by atoms with E-state index in [1.807, 2.05) is 0 Å². The summed E-state index contributed by atoms with van der Waals surface area (Å²) in [6.07, 6.45) is 0. The molecule has 210 valence electrons. The third-order valence-corrected chi connectivity index (χ3v) is 9.23. The number of hydrogen-bond acceptors (Lipinski definition) is 2. The van der Waals surface area contributed by atoms with E-state index >= 15 is 0 Å². The number of rotatable bonds is 2. The molecule has 7 aromatic carbocycles. The summed E-state index contributed by atoms with van der Waals surface area (Å²) in [7, 11) is 0. The lowest BCUT2D eigenvalue weighted by molar-refractivity contribution is 1.05. The largest absolute Gasteiger partial charge is 0.309 e. The van der Waals surface area contributed by atoms with E-state index < -0.39 is 0 Å². The Balaban J connectivity index is 1.23. The fraction of sp³-hybridized carbons (Fsp3) is 0. The molecule has 1 aliphatic heterocycles. The number of benzene rings is 7. The monoisotopic (exact) mass is 574 g/mol. The summed E-state index contributed by atoms with van der Waals surface area (Å²) in [5.41, 5.74) is 11.3. The van der Waals surface area contributed by atoms with Gasteiger partial charge >= 0.3 is 0 Å². The van der Waals surface area contributed by atoms with Crippen LogP contribution in [0.15, 0.2) is 158 Å². The molecule has 0 aliphatic carbocycles. The third-order valence-electron chi connectivity index (χ3n) is 9.23. The Morgan fingerprint density at radius 3 is 1.64 bits per heavy atom. The van der Waals surface area contributed by atoms with E-state index in [9.17, 15) is 0 Å². The van der Waals surface area contributed by atoms with Crippen molar-refractivity contribution in [1.82, 2.24) is 14.1 Å². The van der Waals surface area contributed by atoms with Crippen LogP contribution in [0, 0.1) is 0 Å². The first-order valence-electron chi connectivity index (χ1n) is 15.3. The second-order valence-electron chi connectivity index (χ2n) is 11.7. The first-order valence-corrected chi connectivity index (χ1v) is 15.3. The number of imidazole rings is 1. The van der Waals surface area contributed by atoms with Crippen LogP contribution in [0.5, 0.6) is 0 Å². The van der Waals surface area contributed by atoms with Gasteiger partial charge in [0.1, 0.15) is 0 Å². The summed E-state index contributed by atoms with van der Waals surface area (Å²) in [5, 5.41) is 4.91. The summed E-state index contributed by atoms with van der Waals surface area (Å²) in [6.45, 7) is 0. The smallest absolute Gasteiger partial charge is 0.220 e. The average molecular weight is 575 g/mol. The maximum Gasteiger partial charge on any atom is 0.220 e. The molecule has 0 atom stereocenters. The SMILES string of the molecule is c1ccc2c(c1)-c1ccccc1-n1c(nc3cc4ccccc4cc31)N2c1ccc(-n2c3ccccc3c3ccccc32)cc1. The highest BCUT2D eigenvalue weighted by Gasteiger charge is 2.29. The minimum atomic E-state index is 0.877. The minimum Gasteiger partial charge on any atom is -0.309 e. The molecule has 45 heavy (non-hydrogen) atoms. The first-order chi connectivity index (χ1) is 22.3. The van der Waals surface area contributed by atoms with Crippen molar-refractivity contribution < 1.29 is 0 Å². The molecule has 0 fully saturated rings. The van der Waals surface area contributed by atoms with Gasteiger partial charge in [-0.1, -0.05) is 97.1 Å². The third kappa shape index (κ3) is 3.45. The van der Waals surface area contributed by atoms with E-state index in [1.165, 1.54) is 43.7 Å². The number of hydrogen-bond donors (Lipinski definition) is 0. The van der Waals surface area contributed by atoms with Crippen LogP contribution < -0.4 is 4.90 Å². The van der Waals surface area contributed by atoms with Crippen molar-refractivity contribution in [2.45, 2.75) is 0 Å². The molecular formula is C41H26N4. The fourth-order valence-corrected chi connectivity index (χ4v) is 7.24. The highest BCUT2D eigenvalue weighted by Crippen LogP contribution is 2.48. The maximum absolute atomic E-state index is 5.36.